The quantitative estimate of drug-likeness (QED) is 0.839. The fraction of sp³-hybridized carbons (Fsp3) is 0.200. The number of aliphatic hydroxyl groups excluding tert-OH is 1. The van der Waals surface area contributed by atoms with E-state index in [2.05, 4.69) is 15.9 Å². The van der Waals surface area contributed by atoms with Crippen molar-refractivity contribution in [3.05, 3.63) is 63.6 Å². The summed E-state index contributed by atoms with van der Waals surface area (Å²) in [7, 11) is 0. The summed E-state index contributed by atoms with van der Waals surface area (Å²) in [5.74, 6) is -0.607. The number of ether oxygens (including phenoxy) is 1. The molecule has 2 atom stereocenters. The number of halogens is 3. The molecule has 0 fully saturated rings. The molecule has 0 saturated heterocycles. The maximum atomic E-state index is 13.9. The number of aliphatic hydroxyl groups is 1. The van der Waals surface area contributed by atoms with Crippen LogP contribution in [0.15, 0.2) is 40.9 Å². The van der Waals surface area contributed by atoms with Gasteiger partial charge >= 0.3 is 0 Å². The van der Waals surface area contributed by atoms with Crippen molar-refractivity contribution in [2.45, 2.75) is 18.6 Å². The Bertz CT molecular complexity index is 660. The van der Waals surface area contributed by atoms with Gasteiger partial charge in [0.1, 0.15) is 23.5 Å². The van der Waals surface area contributed by atoms with Gasteiger partial charge in [0, 0.05) is 28.1 Å². The van der Waals surface area contributed by atoms with E-state index in [0.717, 1.165) is 4.47 Å². The van der Waals surface area contributed by atoms with Crippen molar-refractivity contribution in [3.8, 4) is 5.75 Å². The second-order valence-electron chi connectivity index (χ2n) is 4.71. The summed E-state index contributed by atoms with van der Waals surface area (Å²) in [5.41, 5.74) is 0.867. The van der Waals surface area contributed by atoms with E-state index in [4.69, 9.17) is 4.74 Å². The highest BCUT2D eigenvalue weighted by molar-refractivity contribution is 9.10. The molecule has 2 unspecified atom stereocenters. The highest BCUT2D eigenvalue weighted by Crippen LogP contribution is 2.41. The molecule has 3 rings (SSSR count). The molecule has 0 saturated carbocycles. The first kappa shape index (κ1) is 13.5. The topological polar surface area (TPSA) is 29.5 Å². The van der Waals surface area contributed by atoms with Gasteiger partial charge in [0.15, 0.2) is 0 Å². The Morgan fingerprint density at radius 2 is 1.90 bits per heavy atom. The van der Waals surface area contributed by atoms with Crippen molar-refractivity contribution in [1.82, 2.24) is 0 Å². The van der Waals surface area contributed by atoms with E-state index in [1.807, 2.05) is 0 Å². The largest absolute Gasteiger partial charge is 0.485 e. The minimum Gasteiger partial charge on any atom is -0.485 e. The summed E-state index contributed by atoms with van der Waals surface area (Å²) < 4.78 is 33.5. The highest BCUT2D eigenvalue weighted by atomic mass is 79.9. The molecule has 1 aliphatic rings. The van der Waals surface area contributed by atoms with Crippen molar-refractivity contribution in [3.63, 3.8) is 0 Å². The third-order valence-corrected chi connectivity index (χ3v) is 3.84. The van der Waals surface area contributed by atoms with Crippen molar-refractivity contribution in [2.24, 2.45) is 0 Å². The second-order valence-corrected chi connectivity index (χ2v) is 5.62. The lowest BCUT2D eigenvalue weighted by atomic mass is 9.95. The fourth-order valence-electron chi connectivity index (χ4n) is 2.37. The van der Waals surface area contributed by atoms with Gasteiger partial charge in [-0.05, 0) is 30.3 Å². The van der Waals surface area contributed by atoms with Gasteiger partial charge in [-0.2, -0.15) is 0 Å². The van der Waals surface area contributed by atoms with Crippen LogP contribution in [0.5, 0.6) is 5.75 Å². The van der Waals surface area contributed by atoms with Crippen LogP contribution in [0.1, 0.15) is 29.8 Å². The fourth-order valence-corrected chi connectivity index (χ4v) is 2.75. The van der Waals surface area contributed by atoms with Crippen molar-refractivity contribution < 1.29 is 18.6 Å². The lowest BCUT2D eigenvalue weighted by molar-refractivity contribution is 0.0636. The number of rotatable bonds is 1. The number of hydrogen-bond donors (Lipinski definition) is 1. The zero-order valence-corrected chi connectivity index (χ0v) is 11.9. The van der Waals surface area contributed by atoms with Gasteiger partial charge < -0.3 is 9.84 Å². The lowest BCUT2D eigenvalue weighted by Crippen LogP contribution is -2.20. The van der Waals surface area contributed by atoms with Gasteiger partial charge in [0.25, 0.3) is 0 Å². The molecular weight excluding hydrogens is 330 g/mol. The smallest absolute Gasteiger partial charge is 0.130 e. The van der Waals surface area contributed by atoms with Crippen LogP contribution in [0.2, 0.25) is 0 Å². The van der Waals surface area contributed by atoms with Crippen LogP contribution in [0.25, 0.3) is 0 Å². The Balaban J connectivity index is 2.00. The molecule has 2 aromatic carbocycles. The molecule has 0 amide bonds. The molecular formula is C15H11BrF2O2. The van der Waals surface area contributed by atoms with Gasteiger partial charge in [-0.25, -0.2) is 8.78 Å². The van der Waals surface area contributed by atoms with Crippen LogP contribution >= 0.6 is 15.9 Å². The third-order valence-electron chi connectivity index (χ3n) is 3.35. The van der Waals surface area contributed by atoms with Crippen LogP contribution in [0, 0.1) is 11.6 Å². The molecule has 0 spiro atoms. The van der Waals surface area contributed by atoms with Crippen molar-refractivity contribution in [1.29, 1.82) is 0 Å². The van der Waals surface area contributed by atoms with Gasteiger partial charge in [-0.15, -0.1) is 0 Å². The summed E-state index contributed by atoms with van der Waals surface area (Å²) in [4.78, 5) is 0. The minimum absolute atomic E-state index is 0.228. The van der Waals surface area contributed by atoms with E-state index in [1.54, 1.807) is 12.1 Å². The molecule has 0 aromatic heterocycles. The first-order valence-corrected chi connectivity index (χ1v) is 6.93. The normalized spacial score (nSPS) is 21.2. The molecule has 0 aliphatic carbocycles. The van der Waals surface area contributed by atoms with Crippen molar-refractivity contribution in [2.75, 3.05) is 0 Å². The average Bonchev–Trinajstić information content (AvgIpc) is 2.41. The van der Waals surface area contributed by atoms with E-state index in [1.165, 1.54) is 24.3 Å². The Morgan fingerprint density at radius 3 is 2.70 bits per heavy atom. The number of benzene rings is 2. The molecule has 1 N–H and O–H groups in total. The Morgan fingerprint density at radius 1 is 1.10 bits per heavy atom. The van der Waals surface area contributed by atoms with Crippen LogP contribution < -0.4 is 4.74 Å². The maximum Gasteiger partial charge on any atom is 0.130 e. The van der Waals surface area contributed by atoms with E-state index < -0.39 is 23.8 Å². The molecule has 20 heavy (non-hydrogen) atoms. The van der Waals surface area contributed by atoms with Gasteiger partial charge in [-0.1, -0.05) is 15.9 Å². The monoisotopic (exact) mass is 340 g/mol. The Kier molecular flexibility index (Phi) is 3.48. The maximum absolute atomic E-state index is 13.9. The molecule has 5 heteroatoms. The Labute approximate surface area is 123 Å². The molecule has 1 aliphatic heterocycles. The highest BCUT2D eigenvalue weighted by Gasteiger charge is 2.30. The molecule has 1 heterocycles. The molecule has 104 valence electrons. The van der Waals surface area contributed by atoms with Crippen LogP contribution in [-0.4, -0.2) is 5.11 Å². The molecule has 2 aromatic rings. The zero-order chi connectivity index (χ0) is 14.3. The summed E-state index contributed by atoms with van der Waals surface area (Å²) >= 11 is 3.28. The standard InChI is InChI=1S/C15H11BrF2O2/c16-8-1-4-12(18)11(5-8)15-7-13(19)10-3-2-9(17)6-14(10)20-15/h1-6,13,15,19H,7H2. The molecule has 0 radical (unpaired) electrons. The SMILES string of the molecule is OC1CC(c2cc(Br)ccc2F)Oc2cc(F)ccc21. The summed E-state index contributed by atoms with van der Waals surface area (Å²) in [6.45, 7) is 0. The summed E-state index contributed by atoms with van der Waals surface area (Å²) in [6, 6.07) is 8.49. The molecule has 0 bridgehead atoms. The Hall–Kier alpha value is -1.46. The van der Waals surface area contributed by atoms with E-state index in [0.29, 0.717) is 11.1 Å². The van der Waals surface area contributed by atoms with Gasteiger partial charge in [-0.3, -0.25) is 0 Å². The van der Waals surface area contributed by atoms with Crippen molar-refractivity contribution >= 4 is 15.9 Å². The van der Waals surface area contributed by atoms with E-state index in [-0.39, 0.29) is 12.2 Å². The predicted molar refractivity (Wildman–Crippen MR) is 73.4 cm³/mol. The number of hydrogen-bond acceptors (Lipinski definition) is 2. The van der Waals surface area contributed by atoms with Crippen LogP contribution in [0.4, 0.5) is 8.78 Å². The van der Waals surface area contributed by atoms with E-state index in [9.17, 15) is 13.9 Å². The second kappa shape index (κ2) is 5.14. The van der Waals surface area contributed by atoms with E-state index >= 15 is 0 Å². The summed E-state index contributed by atoms with van der Waals surface area (Å²) in [5, 5.41) is 10.1. The zero-order valence-electron chi connectivity index (χ0n) is 10.3. The van der Waals surface area contributed by atoms with Gasteiger partial charge in [0.2, 0.25) is 0 Å². The minimum atomic E-state index is -0.803. The lowest BCUT2D eigenvalue weighted by Gasteiger charge is -2.30. The molecule has 2 nitrogen and oxygen atoms in total. The van der Waals surface area contributed by atoms with Crippen LogP contribution in [0.3, 0.4) is 0 Å². The average molecular weight is 341 g/mol. The predicted octanol–water partition coefficient (Wildman–Crippen LogP) is 4.28. The first-order valence-electron chi connectivity index (χ1n) is 6.13. The van der Waals surface area contributed by atoms with Crippen LogP contribution in [-0.2, 0) is 0 Å². The van der Waals surface area contributed by atoms with Gasteiger partial charge in [0.05, 0.1) is 6.10 Å². The summed E-state index contributed by atoms with van der Waals surface area (Å²) in [6.07, 6.45) is -1.22. The first-order chi connectivity index (χ1) is 9.54. The number of fused-ring (bicyclic) bond motifs is 1. The third kappa shape index (κ3) is 2.43.